The van der Waals surface area contributed by atoms with Gasteiger partial charge in [0, 0.05) is 32.1 Å². The molecule has 1 saturated heterocycles. The number of esters is 1. The highest BCUT2D eigenvalue weighted by molar-refractivity contribution is 5.87. The number of nitrogens with zero attached hydrogens (tertiary/aromatic N) is 2. The van der Waals surface area contributed by atoms with Crippen molar-refractivity contribution in [1.29, 1.82) is 0 Å². The highest BCUT2D eigenvalue weighted by Gasteiger charge is 2.26. The van der Waals surface area contributed by atoms with Crippen molar-refractivity contribution < 1.29 is 13.9 Å². The van der Waals surface area contributed by atoms with Gasteiger partial charge in [0.1, 0.15) is 0 Å². The Bertz CT molecular complexity index is 1480. The molecule has 4 aromatic rings. The molecular formula is C35H43N3O4. The molecule has 0 radical (unpaired) electrons. The van der Waals surface area contributed by atoms with E-state index < -0.39 is 5.76 Å². The minimum absolute atomic E-state index is 0.136. The highest BCUT2D eigenvalue weighted by Crippen LogP contribution is 2.30. The van der Waals surface area contributed by atoms with E-state index >= 15 is 0 Å². The van der Waals surface area contributed by atoms with Crippen LogP contribution in [0.2, 0.25) is 0 Å². The second-order valence-corrected chi connectivity index (χ2v) is 11.3. The molecule has 5 rings (SSSR count). The minimum atomic E-state index is -0.510. The number of oxazole rings is 1. The van der Waals surface area contributed by atoms with Crippen LogP contribution in [0.25, 0.3) is 22.2 Å². The molecule has 222 valence electrons. The maximum atomic E-state index is 12.9. The lowest BCUT2D eigenvalue weighted by Crippen LogP contribution is -2.52. The predicted octanol–water partition coefficient (Wildman–Crippen LogP) is 6.92. The first kappa shape index (κ1) is 29.6. The number of hydrogen-bond acceptors (Lipinski definition) is 6. The molecule has 0 aliphatic carbocycles. The van der Waals surface area contributed by atoms with E-state index in [1.165, 1.54) is 46.9 Å². The molecule has 7 nitrogen and oxygen atoms in total. The second-order valence-electron chi connectivity index (χ2n) is 11.3. The first-order valence-electron chi connectivity index (χ1n) is 15.5. The summed E-state index contributed by atoms with van der Waals surface area (Å²) in [4.78, 5) is 27.6. The second kappa shape index (κ2) is 14.9. The Morgan fingerprint density at radius 2 is 1.64 bits per heavy atom. The SMILES string of the molecule is CCCCCCCCCC(=O)OCn1c(=O)oc2c(N3CCNCC3Cc3ccc(-c4ccccc4)cc3)cccc21. The third-order valence-electron chi connectivity index (χ3n) is 8.21. The molecule has 0 spiro atoms. The summed E-state index contributed by atoms with van der Waals surface area (Å²) in [6.45, 7) is 4.55. The molecule has 42 heavy (non-hydrogen) atoms. The van der Waals surface area contributed by atoms with Gasteiger partial charge in [-0.2, -0.15) is 0 Å². The van der Waals surface area contributed by atoms with E-state index in [0.717, 1.165) is 51.0 Å². The van der Waals surface area contributed by atoms with Crippen molar-refractivity contribution in [2.75, 3.05) is 24.5 Å². The molecule has 1 aromatic heterocycles. The van der Waals surface area contributed by atoms with E-state index in [0.29, 0.717) is 17.5 Å². The minimum Gasteiger partial charge on any atom is -0.444 e. The van der Waals surface area contributed by atoms with Gasteiger partial charge in [0.15, 0.2) is 12.3 Å². The molecule has 3 aromatic carbocycles. The maximum absolute atomic E-state index is 12.9. The van der Waals surface area contributed by atoms with E-state index in [4.69, 9.17) is 9.15 Å². The molecule has 7 heteroatoms. The van der Waals surface area contributed by atoms with Crippen LogP contribution < -0.4 is 16.0 Å². The summed E-state index contributed by atoms with van der Waals surface area (Å²) in [5.41, 5.74) is 5.74. The van der Waals surface area contributed by atoms with Gasteiger partial charge in [-0.1, -0.05) is 106 Å². The zero-order chi connectivity index (χ0) is 29.1. The number of para-hydroxylation sites is 1. The average molecular weight is 570 g/mol. The number of hydrogen-bond donors (Lipinski definition) is 1. The summed E-state index contributed by atoms with van der Waals surface area (Å²) >= 11 is 0. The Balaban J connectivity index is 1.23. The standard InChI is InChI=1S/C35H43N3O4/c1-2-3-4-5-6-7-11-17-33(39)41-26-38-32-16-12-15-31(34(32)42-35(38)40)37-23-22-36-25-30(37)24-27-18-20-29(21-19-27)28-13-9-8-10-14-28/h8-10,12-16,18-21,30,36H,2-7,11,17,22-26H2,1H3. The Kier molecular flexibility index (Phi) is 10.5. The number of piperazine rings is 1. The van der Waals surface area contributed by atoms with Crippen LogP contribution in [0.1, 0.15) is 63.9 Å². The summed E-state index contributed by atoms with van der Waals surface area (Å²) in [6, 6.07) is 25.2. The number of ether oxygens (including phenoxy) is 1. The molecule has 1 unspecified atom stereocenters. The van der Waals surface area contributed by atoms with Gasteiger partial charge in [0.2, 0.25) is 0 Å². The molecule has 1 fully saturated rings. The third-order valence-corrected chi connectivity index (χ3v) is 8.21. The number of fused-ring (bicyclic) bond motifs is 1. The van der Waals surface area contributed by atoms with Crippen molar-refractivity contribution >= 4 is 22.8 Å². The number of benzene rings is 3. The predicted molar refractivity (Wildman–Crippen MR) is 169 cm³/mol. The molecule has 0 amide bonds. The van der Waals surface area contributed by atoms with Gasteiger partial charge in [0.05, 0.1) is 11.2 Å². The Labute approximate surface area is 248 Å². The fourth-order valence-corrected chi connectivity index (χ4v) is 5.85. The van der Waals surface area contributed by atoms with Crippen molar-refractivity contribution in [2.24, 2.45) is 0 Å². The average Bonchev–Trinajstić information content (AvgIpc) is 3.35. The van der Waals surface area contributed by atoms with Gasteiger partial charge < -0.3 is 19.4 Å². The van der Waals surface area contributed by atoms with E-state index in [1.54, 1.807) is 0 Å². The monoisotopic (exact) mass is 569 g/mol. The summed E-state index contributed by atoms with van der Waals surface area (Å²) in [5, 5.41) is 3.53. The number of rotatable bonds is 14. The first-order valence-corrected chi connectivity index (χ1v) is 15.5. The summed E-state index contributed by atoms with van der Waals surface area (Å²) < 4.78 is 12.7. The zero-order valence-electron chi connectivity index (χ0n) is 24.7. The molecule has 1 N–H and O–H groups in total. The lowest BCUT2D eigenvalue weighted by atomic mass is 9.98. The van der Waals surface area contributed by atoms with Gasteiger partial charge in [-0.3, -0.25) is 4.79 Å². The Morgan fingerprint density at radius 1 is 0.905 bits per heavy atom. The van der Waals surface area contributed by atoms with Crippen molar-refractivity contribution in [3.05, 3.63) is 88.9 Å². The van der Waals surface area contributed by atoms with Crippen LogP contribution in [0.15, 0.2) is 82.0 Å². The van der Waals surface area contributed by atoms with E-state index in [2.05, 4.69) is 65.7 Å². The topological polar surface area (TPSA) is 76.7 Å². The number of carbonyl (C=O) groups is 1. The largest absolute Gasteiger partial charge is 0.444 e. The van der Waals surface area contributed by atoms with Gasteiger partial charge in [-0.05, 0) is 41.7 Å². The van der Waals surface area contributed by atoms with Crippen molar-refractivity contribution in [3.63, 3.8) is 0 Å². The lowest BCUT2D eigenvalue weighted by molar-refractivity contribution is -0.147. The Hall–Kier alpha value is -3.84. The highest BCUT2D eigenvalue weighted by atomic mass is 16.5. The van der Waals surface area contributed by atoms with Crippen molar-refractivity contribution in [2.45, 2.75) is 77.5 Å². The summed E-state index contributed by atoms with van der Waals surface area (Å²) in [6.07, 6.45) is 9.21. The van der Waals surface area contributed by atoms with Crippen LogP contribution in [0.5, 0.6) is 0 Å². The molecule has 0 bridgehead atoms. The molecule has 1 aliphatic rings. The lowest BCUT2D eigenvalue weighted by Gasteiger charge is -2.38. The third kappa shape index (κ3) is 7.51. The number of aromatic nitrogens is 1. The maximum Gasteiger partial charge on any atom is 0.422 e. The van der Waals surface area contributed by atoms with Crippen LogP contribution in [0.4, 0.5) is 5.69 Å². The van der Waals surface area contributed by atoms with E-state index in [1.807, 2.05) is 24.3 Å². The fraction of sp³-hybridized carbons (Fsp3) is 0.429. The summed E-state index contributed by atoms with van der Waals surface area (Å²) in [7, 11) is 0. The molecule has 1 atom stereocenters. The van der Waals surface area contributed by atoms with Crippen molar-refractivity contribution in [1.82, 2.24) is 9.88 Å². The zero-order valence-corrected chi connectivity index (χ0v) is 24.7. The van der Waals surface area contributed by atoms with Crippen LogP contribution in [0, 0.1) is 0 Å². The van der Waals surface area contributed by atoms with Gasteiger partial charge in [0.25, 0.3) is 0 Å². The Morgan fingerprint density at radius 3 is 2.43 bits per heavy atom. The van der Waals surface area contributed by atoms with E-state index in [9.17, 15) is 9.59 Å². The van der Waals surface area contributed by atoms with Gasteiger partial charge in [-0.15, -0.1) is 0 Å². The van der Waals surface area contributed by atoms with Crippen molar-refractivity contribution in [3.8, 4) is 11.1 Å². The smallest absolute Gasteiger partial charge is 0.422 e. The first-order chi connectivity index (χ1) is 20.6. The number of carbonyl (C=O) groups excluding carboxylic acids is 1. The molecule has 1 aliphatic heterocycles. The fourth-order valence-electron chi connectivity index (χ4n) is 5.85. The quantitative estimate of drug-likeness (QED) is 0.131. The number of nitrogens with one attached hydrogen (secondary N) is 1. The summed E-state index contributed by atoms with van der Waals surface area (Å²) in [5.74, 6) is -0.786. The van der Waals surface area contributed by atoms with Crippen LogP contribution >= 0.6 is 0 Å². The van der Waals surface area contributed by atoms with Crippen LogP contribution in [0.3, 0.4) is 0 Å². The number of anilines is 1. The van der Waals surface area contributed by atoms with Gasteiger partial charge >= 0.3 is 11.7 Å². The molecule has 2 heterocycles. The number of unbranched alkanes of at least 4 members (excludes halogenated alkanes) is 6. The molecule has 0 saturated carbocycles. The van der Waals surface area contributed by atoms with E-state index in [-0.39, 0.29) is 18.7 Å². The molecular weight excluding hydrogens is 526 g/mol. The van der Waals surface area contributed by atoms with Crippen LogP contribution in [-0.2, 0) is 22.7 Å². The normalized spacial score (nSPS) is 15.3. The van der Waals surface area contributed by atoms with Crippen LogP contribution in [-0.4, -0.2) is 36.2 Å². The van der Waals surface area contributed by atoms with Gasteiger partial charge in [-0.25, -0.2) is 9.36 Å².